The van der Waals surface area contributed by atoms with Crippen LogP contribution in [0.4, 0.5) is 5.69 Å². The predicted molar refractivity (Wildman–Crippen MR) is 156 cm³/mol. The Labute approximate surface area is 242 Å². The monoisotopic (exact) mass is 570 g/mol. The summed E-state index contributed by atoms with van der Waals surface area (Å²) in [7, 11) is 2.04. The Bertz CT molecular complexity index is 1160. The quantitative estimate of drug-likeness (QED) is 0.413. The maximum Gasteiger partial charge on any atom is 0.246 e. The molecular formula is C31H43ClN4O4. The first-order chi connectivity index (χ1) is 19.2. The van der Waals surface area contributed by atoms with E-state index in [2.05, 4.69) is 36.3 Å². The number of fused-ring (bicyclic) bond motifs is 1. The number of carbonyl (C=O) groups excluding carboxylic acids is 3. The maximum absolute atomic E-state index is 14.2. The second-order valence-corrected chi connectivity index (χ2v) is 12.7. The first-order valence-corrected chi connectivity index (χ1v) is 15.3. The highest BCUT2D eigenvalue weighted by Crippen LogP contribution is 2.55. The van der Waals surface area contributed by atoms with Crippen molar-refractivity contribution in [3.63, 3.8) is 0 Å². The molecule has 2 saturated heterocycles. The molecule has 3 fully saturated rings. The highest BCUT2D eigenvalue weighted by atomic mass is 35.5. The molecule has 0 radical (unpaired) electrons. The van der Waals surface area contributed by atoms with Crippen LogP contribution >= 0.6 is 11.6 Å². The number of rotatable bonds is 10. The van der Waals surface area contributed by atoms with Crippen molar-refractivity contribution in [1.82, 2.24) is 15.1 Å². The molecule has 1 spiro atoms. The number of likely N-dealkylation sites (N-methyl/N-ethyl adjacent to an activating group) is 1. The zero-order valence-electron chi connectivity index (χ0n) is 24.1. The third kappa shape index (κ3) is 5.30. The largest absolute Gasteiger partial charge is 0.359 e. The van der Waals surface area contributed by atoms with Crippen LogP contribution in [0.2, 0.25) is 5.02 Å². The minimum Gasteiger partial charge on any atom is -0.359 e. The number of benzene rings is 1. The summed E-state index contributed by atoms with van der Waals surface area (Å²) in [6.45, 7) is 8.55. The molecule has 5 rings (SSSR count). The molecule has 2 bridgehead atoms. The standard InChI is InChI=1S/C31H43ClN4O4/c1-5-6-15-35(4)16-17-36-27(29(38)34-23-12-7-9-19(2)20(23)3)31-14-13-24(40-31)25(26(31)30(36)39)28(37)33-22-11-8-10-21(32)18-22/h8,10-11,13-14,18-20,23-27H,5-7,9,12,15-17H2,1-4H3,(H,33,37)(H,34,38). The van der Waals surface area contributed by atoms with Gasteiger partial charge >= 0.3 is 0 Å². The Morgan fingerprint density at radius 1 is 1.20 bits per heavy atom. The van der Waals surface area contributed by atoms with Gasteiger partial charge in [-0.3, -0.25) is 14.4 Å². The first-order valence-electron chi connectivity index (χ1n) is 14.9. The van der Waals surface area contributed by atoms with Gasteiger partial charge in [-0.1, -0.05) is 69.9 Å². The molecule has 8 nitrogen and oxygen atoms in total. The molecule has 218 valence electrons. The van der Waals surface area contributed by atoms with Crippen LogP contribution in [0.15, 0.2) is 36.4 Å². The molecule has 1 aliphatic carbocycles. The number of hydrogen-bond donors (Lipinski definition) is 2. The van der Waals surface area contributed by atoms with Crippen molar-refractivity contribution in [2.45, 2.75) is 76.7 Å². The van der Waals surface area contributed by atoms with Crippen molar-refractivity contribution < 1.29 is 19.1 Å². The molecule has 4 aliphatic rings. The summed E-state index contributed by atoms with van der Waals surface area (Å²) in [5, 5.41) is 6.76. The Morgan fingerprint density at radius 3 is 2.75 bits per heavy atom. The van der Waals surface area contributed by atoms with Gasteiger partial charge in [0, 0.05) is 29.8 Å². The lowest BCUT2D eigenvalue weighted by atomic mass is 9.73. The van der Waals surface area contributed by atoms with E-state index in [-0.39, 0.29) is 23.8 Å². The Hall–Kier alpha value is -2.42. The topological polar surface area (TPSA) is 91.0 Å². The van der Waals surface area contributed by atoms with Crippen molar-refractivity contribution in [2.75, 3.05) is 32.0 Å². The highest BCUT2D eigenvalue weighted by Gasteiger charge is 2.72. The van der Waals surface area contributed by atoms with Crippen LogP contribution in [0, 0.1) is 23.7 Å². The third-order valence-corrected chi connectivity index (χ3v) is 9.90. The number of likely N-dealkylation sites (tertiary alicyclic amines) is 1. The average molecular weight is 571 g/mol. The Morgan fingerprint density at radius 2 is 2.00 bits per heavy atom. The molecule has 0 aromatic heterocycles. The molecule has 2 N–H and O–H groups in total. The number of hydrogen-bond acceptors (Lipinski definition) is 5. The van der Waals surface area contributed by atoms with E-state index in [4.69, 9.17) is 16.3 Å². The molecule has 3 heterocycles. The molecule has 3 amide bonds. The third-order valence-electron chi connectivity index (χ3n) is 9.67. The number of anilines is 1. The smallest absolute Gasteiger partial charge is 0.246 e. The SMILES string of the molecule is CCCCN(C)CCN1C(=O)C2C(C(=O)Nc3cccc(Cl)c3)C3C=CC2(O3)C1C(=O)NC1CCCC(C)C1C. The van der Waals surface area contributed by atoms with E-state index in [0.717, 1.165) is 38.6 Å². The van der Waals surface area contributed by atoms with Gasteiger partial charge in [-0.05, 0) is 56.5 Å². The molecule has 8 unspecified atom stereocenters. The van der Waals surface area contributed by atoms with Crippen molar-refractivity contribution in [3.05, 3.63) is 41.4 Å². The molecule has 1 saturated carbocycles. The van der Waals surface area contributed by atoms with Crippen molar-refractivity contribution in [2.24, 2.45) is 23.7 Å². The molecule has 3 aliphatic heterocycles. The molecule has 8 atom stereocenters. The van der Waals surface area contributed by atoms with Gasteiger partial charge in [0.15, 0.2) is 0 Å². The zero-order chi connectivity index (χ0) is 28.6. The normalized spacial score (nSPS) is 34.4. The summed E-state index contributed by atoms with van der Waals surface area (Å²) < 4.78 is 6.49. The lowest BCUT2D eigenvalue weighted by molar-refractivity contribution is -0.141. The van der Waals surface area contributed by atoms with Crippen molar-refractivity contribution >= 4 is 35.0 Å². The van der Waals surface area contributed by atoms with Crippen LogP contribution in [0.1, 0.15) is 52.9 Å². The summed E-state index contributed by atoms with van der Waals surface area (Å²) in [6.07, 6.45) is 8.49. The van der Waals surface area contributed by atoms with E-state index < -0.39 is 29.6 Å². The molecule has 40 heavy (non-hydrogen) atoms. The van der Waals surface area contributed by atoms with E-state index >= 15 is 0 Å². The summed E-state index contributed by atoms with van der Waals surface area (Å²) in [5.41, 5.74) is -0.596. The second-order valence-electron chi connectivity index (χ2n) is 12.3. The number of nitrogens with zero attached hydrogens (tertiary/aromatic N) is 2. The highest BCUT2D eigenvalue weighted by molar-refractivity contribution is 6.30. The van der Waals surface area contributed by atoms with E-state index in [1.54, 1.807) is 29.2 Å². The van der Waals surface area contributed by atoms with Gasteiger partial charge in [-0.25, -0.2) is 0 Å². The van der Waals surface area contributed by atoms with Gasteiger partial charge in [0.1, 0.15) is 11.6 Å². The number of carbonyl (C=O) groups is 3. The van der Waals surface area contributed by atoms with Gasteiger partial charge in [-0.15, -0.1) is 0 Å². The van der Waals surface area contributed by atoms with E-state index in [9.17, 15) is 14.4 Å². The van der Waals surface area contributed by atoms with Crippen molar-refractivity contribution in [1.29, 1.82) is 0 Å². The zero-order valence-corrected chi connectivity index (χ0v) is 24.8. The fourth-order valence-electron chi connectivity index (χ4n) is 7.17. The molecular weight excluding hydrogens is 528 g/mol. The van der Waals surface area contributed by atoms with Crippen LogP contribution in [-0.4, -0.2) is 78.0 Å². The van der Waals surface area contributed by atoms with Crippen LogP contribution in [0.3, 0.4) is 0 Å². The van der Waals surface area contributed by atoms with Crippen LogP contribution in [-0.2, 0) is 19.1 Å². The van der Waals surface area contributed by atoms with Gasteiger partial charge < -0.3 is 25.2 Å². The second kappa shape index (κ2) is 11.8. The number of unbranched alkanes of at least 4 members (excludes halogenated alkanes) is 1. The summed E-state index contributed by atoms with van der Waals surface area (Å²) in [5.74, 6) is -1.29. The first kappa shape index (κ1) is 29.1. The van der Waals surface area contributed by atoms with Crippen LogP contribution in [0.25, 0.3) is 0 Å². The summed E-state index contributed by atoms with van der Waals surface area (Å²) in [4.78, 5) is 45.8. The fourth-order valence-corrected chi connectivity index (χ4v) is 7.36. The lowest BCUT2D eigenvalue weighted by Gasteiger charge is -2.38. The number of amides is 3. The Kier molecular flexibility index (Phi) is 8.60. The Balaban J connectivity index is 1.41. The summed E-state index contributed by atoms with van der Waals surface area (Å²) >= 11 is 6.13. The molecule has 1 aromatic carbocycles. The van der Waals surface area contributed by atoms with E-state index in [1.165, 1.54) is 0 Å². The number of nitrogens with one attached hydrogen (secondary N) is 2. The fraction of sp³-hybridized carbons (Fsp3) is 0.645. The minimum atomic E-state index is -1.16. The van der Waals surface area contributed by atoms with Crippen LogP contribution in [0.5, 0.6) is 0 Å². The predicted octanol–water partition coefficient (Wildman–Crippen LogP) is 4.10. The molecule has 9 heteroatoms. The van der Waals surface area contributed by atoms with E-state index in [0.29, 0.717) is 35.6 Å². The average Bonchev–Trinajstić information content (AvgIpc) is 3.56. The number of halogens is 1. The van der Waals surface area contributed by atoms with Crippen molar-refractivity contribution in [3.8, 4) is 0 Å². The minimum absolute atomic E-state index is 0.0559. The molecule has 1 aromatic rings. The van der Waals surface area contributed by atoms with Gasteiger partial charge in [0.25, 0.3) is 0 Å². The van der Waals surface area contributed by atoms with Gasteiger partial charge in [0.05, 0.1) is 17.9 Å². The maximum atomic E-state index is 14.2. The van der Waals surface area contributed by atoms with Crippen LogP contribution < -0.4 is 10.6 Å². The lowest BCUT2D eigenvalue weighted by Crippen LogP contribution is -2.58. The van der Waals surface area contributed by atoms with E-state index in [1.807, 2.05) is 19.2 Å². The van der Waals surface area contributed by atoms with Gasteiger partial charge in [0.2, 0.25) is 17.7 Å². The number of ether oxygens (including phenoxy) is 1. The van der Waals surface area contributed by atoms with Gasteiger partial charge in [-0.2, -0.15) is 0 Å². The summed E-state index contributed by atoms with van der Waals surface area (Å²) in [6, 6.07) is 6.18.